The fourth-order valence-corrected chi connectivity index (χ4v) is 2.95. The predicted octanol–water partition coefficient (Wildman–Crippen LogP) is 3.30. The molecule has 0 spiro atoms. The molecule has 0 radical (unpaired) electrons. The van der Waals surface area contributed by atoms with Crippen molar-refractivity contribution in [2.75, 3.05) is 20.1 Å². The van der Waals surface area contributed by atoms with E-state index in [9.17, 15) is 4.79 Å². The molecular formula is C20H26N2O3. The van der Waals surface area contributed by atoms with Crippen molar-refractivity contribution in [1.82, 2.24) is 10.2 Å². The number of ether oxygens (including phenoxy) is 1. The topological polar surface area (TPSA) is 54.7 Å². The van der Waals surface area contributed by atoms with Crippen molar-refractivity contribution in [3.05, 3.63) is 53.0 Å². The summed E-state index contributed by atoms with van der Waals surface area (Å²) in [6.07, 6.45) is 1.96. The lowest BCUT2D eigenvalue weighted by atomic mass is 10.1. The van der Waals surface area contributed by atoms with E-state index < -0.39 is 0 Å². The quantitative estimate of drug-likeness (QED) is 0.906. The van der Waals surface area contributed by atoms with Crippen LogP contribution in [0.1, 0.15) is 40.3 Å². The van der Waals surface area contributed by atoms with Crippen LogP contribution in [0, 0.1) is 13.8 Å². The normalized spacial score (nSPS) is 16.0. The van der Waals surface area contributed by atoms with E-state index in [0.717, 1.165) is 31.7 Å². The zero-order chi connectivity index (χ0) is 17.8. The second-order valence-electron chi connectivity index (χ2n) is 6.85. The Kier molecular flexibility index (Phi) is 5.43. The van der Waals surface area contributed by atoms with Crippen molar-refractivity contribution in [2.24, 2.45) is 0 Å². The Hall–Kier alpha value is -2.27. The van der Waals surface area contributed by atoms with Gasteiger partial charge in [0.05, 0.1) is 0 Å². The lowest BCUT2D eigenvalue weighted by Gasteiger charge is -2.29. The number of piperidine rings is 1. The van der Waals surface area contributed by atoms with E-state index >= 15 is 0 Å². The monoisotopic (exact) mass is 342 g/mol. The molecular weight excluding hydrogens is 316 g/mol. The molecule has 1 N–H and O–H groups in total. The van der Waals surface area contributed by atoms with Crippen LogP contribution in [0.3, 0.4) is 0 Å². The molecule has 5 heteroatoms. The number of furan rings is 1. The molecule has 1 aliphatic rings. The second-order valence-corrected chi connectivity index (χ2v) is 6.85. The summed E-state index contributed by atoms with van der Waals surface area (Å²) in [5.74, 6) is 1.65. The Balaban J connectivity index is 1.52. The van der Waals surface area contributed by atoms with Crippen molar-refractivity contribution in [2.45, 2.75) is 39.3 Å². The first-order valence-corrected chi connectivity index (χ1v) is 8.79. The SMILES string of the molecule is Cc1ccc(OCc2ccc(C(=O)NC3CCN(C)CC3)o2)cc1C. The molecule has 0 bridgehead atoms. The van der Waals surface area contributed by atoms with Gasteiger partial charge < -0.3 is 19.4 Å². The van der Waals surface area contributed by atoms with E-state index in [-0.39, 0.29) is 11.9 Å². The van der Waals surface area contributed by atoms with E-state index in [4.69, 9.17) is 9.15 Å². The van der Waals surface area contributed by atoms with Crippen LogP contribution in [0.15, 0.2) is 34.7 Å². The van der Waals surface area contributed by atoms with Crippen LogP contribution < -0.4 is 10.1 Å². The summed E-state index contributed by atoms with van der Waals surface area (Å²) in [4.78, 5) is 14.6. The molecule has 1 saturated heterocycles. The van der Waals surface area contributed by atoms with Crippen LogP contribution in [-0.2, 0) is 6.61 Å². The van der Waals surface area contributed by atoms with Gasteiger partial charge in [-0.25, -0.2) is 0 Å². The molecule has 3 rings (SSSR count). The largest absolute Gasteiger partial charge is 0.486 e. The number of carbonyl (C=O) groups is 1. The molecule has 134 valence electrons. The molecule has 1 aliphatic heterocycles. The van der Waals surface area contributed by atoms with Crippen molar-refractivity contribution >= 4 is 5.91 Å². The summed E-state index contributed by atoms with van der Waals surface area (Å²) in [7, 11) is 2.10. The van der Waals surface area contributed by atoms with Gasteiger partial charge in [-0.15, -0.1) is 0 Å². The Morgan fingerprint density at radius 3 is 2.68 bits per heavy atom. The van der Waals surface area contributed by atoms with Gasteiger partial charge in [-0.2, -0.15) is 0 Å². The van der Waals surface area contributed by atoms with Gasteiger partial charge in [0.1, 0.15) is 18.1 Å². The molecule has 25 heavy (non-hydrogen) atoms. The van der Waals surface area contributed by atoms with Crippen LogP contribution >= 0.6 is 0 Å². The fraction of sp³-hybridized carbons (Fsp3) is 0.450. The van der Waals surface area contributed by atoms with Crippen molar-refractivity contribution in [1.29, 1.82) is 0 Å². The maximum Gasteiger partial charge on any atom is 0.287 e. The smallest absolute Gasteiger partial charge is 0.287 e. The molecule has 0 saturated carbocycles. The second kappa shape index (κ2) is 7.74. The third-order valence-corrected chi connectivity index (χ3v) is 4.80. The maximum atomic E-state index is 12.3. The molecule has 1 aromatic heterocycles. The molecule has 1 amide bonds. The minimum absolute atomic E-state index is 0.146. The summed E-state index contributed by atoms with van der Waals surface area (Å²) < 4.78 is 11.4. The standard InChI is InChI=1S/C20H26N2O3/c1-14-4-5-17(12-15(14)2)24-13-18-6-7-19(25-18)20(23)21-16-8-10-22(3)11-9-16/h4-7,12,16H,8-11,13H2,1-3H3,(H,21,23). The number of carbonyl (C=O) groups excluding carboxylic acids is 1. The molecule has 0 unspecified atom stereocenters. The molecule has 2 heterocycles. The lowest BCUT2D eigenvalue weighted by molar-refractivity contribution is 0.0884. The lowest BCUT2D eigenvalue weighted by Crippen LogP contribution is -2.43. The highest BCUT2D eigenvalue weighted by Gasteiger charge is 2.20. The van der Waals surface area contributed by atoms with Gasteiger partial charge in [-0.1, -0.05) is 6.07 Å². The summed E-state index contributed by atoms with van der Waals surface area (Å²) >= 11 is 0. The van der Waals surface area contributed by atoms with E-state index in [1.165, 1.54) is 11.1 Å². The number of aryl methyl sites for hydroxylation is 2. The highest BCUT2D eigenvalue weighted by atomic mass is 16.5. The molecule has 5 nitrogen and oxygen atoms in total. The number of hydrogen-bond acceptors (Lipinski definition) is 4. The van der Waals surface area contributed by atoms with E-state index in [0.29, 0.717) is 18.1 Å². The zero-order valence-corrected chi connectivity index (χ0v) is 15.2. The van der Waals surface area contributed by atoms with E-state index in [1.54, 1.807) is 12.1 Å². The summed E-state index contributed by atoms with van der Waals surface area (Å²) in [6.45, 7) is 6.46. The Morgan fingerprint density at radius 1 is 1.20 bits per heavy atom. The molecule has 0 aliphatic carbocycles. The minimum Gasteiger partial charge on any atom is -0.486 e. The van der Waals surface area contributed by atoms with Crippen LogP contribution in [0.5, 0.6) is 5.75 Å². The van der Waals surface area contributed by atoms with Crippen LogP contribution in [0.2, 0.25) is 0 Å². The van der Waals surface area contributed by atoms with E-state index in [1.807, 2.05) is 18.2 Å². The number of likely N-dealkylation sites (tertiary alicyclic amines) is 1. The van der Waals surface area contributed by atoms with Crippen molar-refractivity contribution in [3.63, 3.8) is 0 Å². The maximum absolute atomic E-state index is 12.3. The summed E-state index contributed by atoms with van der Waals surface area (Å²) in [5, 5.41) is 3.06. The van der Waals surface area contributed by atoms with Gasteiger partial charge in [-0.05, 0) is 82.2 Å². The zero-order valence-electron chi connectivity index (χ0n) is 15.2. The highest BCUT2D eigenvalue weighted by Crippen LogP contribution is 2.19. The average molecular weight is 342 g/mol. The summed E-state index contributed by atoms with van der Waals surface area (Å²) in [6, 6.07) is 9.72. The average Bonchev–Trinajstić information content (AvgIpc) is 3.07. The van der Waals surface area contributed by atoms with Crippen LogP contribution in [0.4, 0.5) is 0 Å². The molecule has 1 fully saturated rings. The fourth-order valence-electron chi connectivity index (χ4n) is 2.95. The number of benzene rings is 1. The third kappa shape index (κ3) is 4.63. The number of nitrogens with one attached hydrogen (secondary N) is 1. The molecule has 1 aromatic carbocycles. The van der Waals surface area contributed by atoms with Gasteiger partial charge in [0.25, 0.3) is 5.91 Å². The van der Waals surface area contributed by atoms with Gasteiger partial charge >= 0.3 is 0 Å². The number of amides is 1. The van der Waals surface area contributed by atoms with Gasteiger partial charge in [0.2, 0.25) is 0 Å². The Bertz CT molecular complexity index is 730. The highest BCUT2D eigenvalue weighted by molar-refractivity contribution is 5.91. The van der Waals surface area contributed by atoms with Gasteiger partial charge in [0.15, 0.2) is 5.76 Å². The minimum atomic E-state index is -0.146. The number of hydrogen-bond donors (Lipinski definition) is 1. The molecule has 0 atom stereocenters. The number of nitrogens with zero attached hydrogens (tertiary/aromatic N) is 1. The first kappa shape index (κ1) is 17.5. The third-order valence-electron chi connectivity index (χ3n) is 4.80. The predicted molar refractivity (Wildman–Crippen MR) is 96.9 cm³/mol. The van der Waals surface area contributed by atoms with Gasteiger partial charge in [-0.3, -0.25) is 4.79 Å². The van der Waals surface area contributed by atoms with Gasteiger partial charge in [0, 0.05) is 6.04 Å². The van der Waals surface area contributed by atoms with E-state index in [2.05, 4.69) is 31.1 Å². The van der Waals surface area contributed by atoms with Crippen molar-refractivity contribution in [3.8, 4) is 5.75 Å². The Morgan fingerprint density at radius 2 is 1.96 bits per heavy atom. The summed E-state index contributed by atoms with van der Waals surface area (Å²) in [5.41, 5.74) is 2.42. The Labute approximate surface area is 149 Å². The first-order valence-electron chi connectivity index (χ1n) is 8.79. The van der Waals surface area contributed by atoms with Crippen molar-refractivity contribution < 1.29 is 13.9 Å². The molecule has 2 aromatic rings. The van der Waals surface area contributed by atoms with Crippen LogP contribution in [0.25, 0.3) is 0 Å². The van der Waals surface area contributed by atoms with Crippen LogP contribution in [-0.4, -0.2) is 37.0 Å². The first-order chi connectivity index (χ1) is 12.0. The number of rotatable bonds is 5.